The highest BCUT2D eigenvalue weighted by atomic mass is 32.2. The van der Waals surface area contributed by atoms with Gasteiger partial charge in [0.15, 0.2) is 0 Å². The van der Waals surface area contributed by atoms with Gasteiger partial charge in [-0.05, 0) is 59.4 Å². The van der Waals surface area contributed by atoms with Gasteiger partial charge in [0.2, 0.25) is 0 Å². The summed E-state index contributed by atoms with van der Waals surface area (Å²) in [7, 11) is 0. The monoisotopic (exact) mass is 347 g/mol. The zero-order valence-corrected chi connectivity index (χ0v) is 14.9. The first-order valence-electron chi connectivity index (χ1n) is 7.92. The van der Waals surface area contributed by atoms with Crippen LogP contribution in [0.15, 0.2) is 41.4 Å². The number of fused-ring (bicyclic) bond motifs is 1. The van der Waals surface area contributed by atoms with Crippen molar-refractivity contribution in [3.63, 3.8) is 0 Å². The lowest BCUT2D eigenvalue weighted by molar-refractivity contribution is 0.0690. The molecule has 2 aromatic rings. The number of hydrogen-bond acceptors (Lipinski definition) is 4. The van der Waals surface area contributed by atoms with Crippen molar-refractivity contribution in [1.82, 2.24) is 4.98 Å². The quantitative estimate of drug-likeness (QED) is 0.577. The van der Waals surface area contributed by atoms with E-state index in [1.165, 1.54) is 23.1 Å². The maximum absolute atomic E-state index is 11.5. The summed E-state index contributed by atoms with van der Waals surface area (Å²) in [5.74, 6) is 6.75. The second kappa shape index (κ2) is 7.05. The summed E-state index contributed by atoms with van der Waals surface area (Å²) < 4.78 is 4.48. The molecule has 25 heavy (non-hydrogen) atoms. The second-order valence-electron chi connectivity index (χ2n) is 6.38. The first-order chi connectivity index (χ1) is 12.0. The zero-order chi connectivity index (χ0) is 17.9. The fourth-order valence-corrected chi connectivity index (χ4v) is 4.14. The number of rotatable bonds is 1. The maximum atomic E-state index is 11.5. The standard InChI is InChI=1S/C21H17NO2S/c1-4-24-20(23)16-7-9-17(22-14-16)8-5-15-6-10-19-18(13-15)21(2,3)11-12-25-19/h1,6-7,9-10,13-14H,11-12H2,2-3H3. The number of thioether (sulfide) groups is 1. The highest BCUT2D eigenvalue weighted by molar-refractivity contribution is 7.99. The predicted molar refractivity (Wildman–Crippen MR) is 99.3 cm³/mol. The van der Waals surface area contributed by atoms with E-state index < -0.39 is 5.97 Å². The SMILES string of the molecule is C#COC(=O)c1ccc(C#Cc2ccc3c(c2)C(C)(C)CCS3)nc1. The molecule has 1 aromatic heterocycles. The number of carbonyl (C=O) groups excluding carboxylic acids is 1. The molecule has 0 spiro atoms. The number of esters is 1. The number of pyridine rings is 1. The number of carbonyl (C=O) groups is 1. The van der Waals surface area contributed by atoms with E-state index in [0.29, 0.717) is 11.3 Å². The van der Waals surface area contributed by atoms with E-state index in [2.05, 4.69) is 47.5 Å². The number of ether oxygens (including phenoxy) is 1. The molecule has 2 heterocycles. The van der Waals surface area contributed by atoms with Crippen LogP contribution < -0.4 is 0 Å². The van der Waals surface area contributed by atoms with Gasteiger partial charge in [0, 0.05) is 16.7 Å². The van der Waals surface area contributed by atoms with Gasteiger partial charge >= 0.3 is 5.97 Å². The Bertz CT molecular complexity index is 912. The molecule has 3 nitrogen and oxygen atoms in total. The summed E-state index contributed by atoms with van der Waals surface area (Å²) in [6.07, 6.45) is 9.37. The summed E-state index contributed by atoms with van der Waals surface area (Å²) in [5.41, 5.74) is 3.39. The Morgan fingerprint density at radius 1 is 1.28 bits per heavy atom. The average molecular weight is 347 g/mol. The number of nitrogens with zero attached hydrogens (tertiary/aromatic N) is 1. The van der Waals surface area contributed by atoms with Gasteiger partial charge in [0.1, 0.15) is 11.8 Å². The second-order valence-corrected chi connectivity index (χ2v) is 7.52. The molecule has 1 aliphatic heterocycles. The van der Waals surface area contributed by atoms with Crippen LogP contribution in [0, 0.1) is 24.4 Å². The molecule has 0 atom stereocenters. The lowest BCUT2D eigenvalue weighted by atomic mass is 9.81. The van der Waals surface area contributed by atoms with Crippen LogP contribution in [0.1, 0.15) is 47.4 Å². The first kappa shape index (κ1) is 17.1. The molecule has 0 radical (unpaired) electrons. The van der Waals surface area contributed by atoms with Crippen LogP contribution in [-0.2, 0) is 10.2 Å². The molecule has 124 valence electrons. The fraction of sp³-hybridized carbons (Fsp3) is 0.238. The largest absolute Gasteiger partial charge is 0.369 e. The zero-order valence-electron chi connectivity index (χ0n) is 14.1. The number of aromatic nitrogens is 1. The maximum Gasteiger partial charge on any atom is 0.353 e. The molecular weight excluding hydrogens is 330 g/mol. The Labute approximate surface area is 152 Å². The number of hydrogen-bond donors (Lipinski definition) is 0. The minimum Gasteiger partial charge on any atom is -0.369 e. The highest BCUT2D eigenvalue weighted by Gasteiger charge is 2.27. The average Bonchev–Trinajstić information content (AvgIpc) is 2.61. The summed E-state index contributed by atoms with van der Waals surface area (Å²) in [6.45, 7) is 4.55. The van der Waals surface area contributed by atoms with Gasteiger partial charge in [-0.1, -0.05) is 26.2 Å². The molecule has 0 N–H and O–H groups in total. The molecule has 3 rings (SSSR count). The summed E-state index contributed by atoms with van der Waals surface area (Å²) in [5, 5.41) is 0. The van der Waals surface area contributed by atoms with E-state index in [-0.39, 0.29) is 5.41 Å². The molecule has 0 unspecified atom stereocenters. The van der Waals surface area contributed by atoms with Crippen molar-refractivity contribution in [2.75, 3.05) is 5.75 Å². The molecular formula is C21H17NO2S. The highest BCUT2D eigenvalue weighted by Crippen LogP contribution is 2.41. The fourth-order valence-electron chi connectivity index (χ4n) is 2.65. The van der Waals surface area contributed by atoms with E-state index in [9.17, 15) is 4.79 Å². The molecule has 1 aliphatic rings. The van der Waals surface area contributed by atoms with Crippen LogP contribution in [0.4, 0.5) is 0 Å². The molecule has 0 fully saturated rings. The number of terminal acetylenes is 1. The molecule has 0 saturated heterocycles. The van der Waals surface area contributed by atoms with Crippen molar-refractivity contribution in [1.29, 1.82) is 0 Å². The molecule has 1 aromatic carbocycles. The van der Waals surface area contributed by atoms with Gasteiger partial charge in [-0.2, -0.15) is 0 Å². The van der Waals surface area contributed by atoms with Crippen LogP contribution in [0.5, 0.6) is 0 Å². The van der Waals surface area contributed by atoms with E-state index in [4.69, 9.17) is 6.42 Å². The van der Waals surface area contributed by atoms with E-state index >= 15 is 0 Å². The van der Waals surface area contributed by atoms with Gasteiger partial charge in [-0.25, -0.2) is 9.78 Å². The number of benzene rings is 1. The van der Waals surface area contributed by atoms with Gasteiger partial charge in [0.25, 0.3) is 0 Å². The van der Waals surface area contributed by atoms with Crippen LogP contribution in [0.3, 0.4) is 0 Å². The van der Waals surface area contributed by atoms with Crippen molar-refractivity contribution < 1.29 is 9.53 Å². The Kier molecular flexibility index (Phi) is 4.83. The lowest BCUT2D eigenvalue weighted by Gasteiger charge is -2.32. The van der Waals surface area contributed by atoms with Crippen LogP contribution in [-0.4, -0.2) is 16.7 Å². The predicted octanol–water partition coefficient (Wildman–Crippen LogP) is 4.00. The first-order valence-corrected chi connectivity index (χ1v) is 8.90. The third-order valence-electron chi connectivity index (χ3n) is 4.18. The van der Waals surface area contributed by atoms with Gasteiger partial charge in [0.05, 0.1) is 5.56 Å². The van der Waals surface area contributed by atoms with Crippen LogP contribution >= 0.6 is 11.8 Å². The Hall–Kier alpha value is -2.69. The molecule has 0 amide bonds. The van der Waals surface area contributed by atoms with Crippen LogP contribution in [0.25, 0.3) is 0 Å². The third-order valence-corrected chi connectivity index (χ3v) is 5.25. The van der Waals surface area contributed by atoms with Crippen LogP contribution in [0.2, 0.25) is 0 Å². The summed E-state index contributed by atoms with van der Waals surface area (Å²) >= 11 is 1.90. The minimum atomic E-state index is -0.594. The molecule has 0 saturated carbocycles. The van der Waals surface area contributed by atoms with E-state index in [1.54, 1.807) is 12.1 Å². The van der Waals surface area contributed by atoms with Crippen molar-refractivity contribution >= 4 is 17.7 Å². The molecule has 0 bridgehead atoms. The molecule has 4 heteroatoms. The molecule has 0 aliphatic carbocycles. The van der Waals surface area contributed by atoms with Crippen molar-refractivity contribution in [3.05, 3.63) is 58.9 Å². The van der Waals surface area contributed by atoms with E-state index in [0.717, 1.165) is 11.3 Å². The van der Waals surface area contributed by atoms with E-state index in [1.807, 2.05) is 23.9 Å². The minimum absolute atomic E-state index is 0.176. The van der Waals surface area contributed by atoms with Gasteiger partial charge in [-0.15, -0.1) is 11.8 Å². The normalized spacial score (nSPS) is 14.4. The Balaban J connectivity index is 1.82. The smallest absolute Gasteiger partial charge is 0.353 e. The Morgan fingerprint density at radius 2 is 2.12 bits per heavy atom. The summed E-state index contributed by atoms with van der Waals surface area (Å²) in [4.78, 5) is 17.0. The Morgan fingerprint density at radius 3 is 2.84 bits per heavy atom. The summed E-state index contributed by atoms with van der Waals surface area (Å²) in [6, 6.07) is 9.64. The van der Waals surface area contributed by atoms with Crippen molar-refractivity contribution in [2.45, 2.75) is 30.6 Å². The third kappa shape index (κ3) is 3.87. The van der Waals surface area contributed by atoms with Gasteiger partial charge < -0.3 is 4.74 Å². The van der Waals surface area contributed by atoms with Crippen molar-refractivity contribution in [3.8, 4) is 24.4 Å². The van der Waals surface area contributed by atoms with Crippen molar-refractivity contribution in [2.24, 2.45) is 0 Å². The topological polar surface area (TPSA) is 39.2 Å². The lowest BCUT2D eigenvalue weighted by Crippen LogP contribution is -2.22. The van der Waals surface area contributed by atoms with Gasteiger partial charge in [-0.3, -0.25) is 0 Å².